The molecule has 2 atom stereocenters. The number of nitrogens with two attached hydrogens (primary N) is 1. The van der Waals surface area contributed by atoms with Gasteiger partial charge in [-0.05, 0) is 43.0 Å². The van der Waals surface area contributed by atoms with E-state index in [2.05, 4.69) is 9.72 Å². The molecule has 1 aromatic heterocycles. The molecule has 0 bridgehead atoms. The largest absolute Gasteiger partial charge is 0.491 e. The first kappa shape index (κ1) is 21.7. The van der Waals surface area contributed by atoms with Crippen LogP contribution in [0.25, 0.3) is 0 Å². The molecule has 0 aromatic carbocycles. The van der Waals surface area contributed by atoms with Gasteiger partial charge in [-0.3, -0.25) is 19.5 Å². The molecule has 168 valence electrons. The third-order valence-corrected chi connectivity index (χ3v) is 5.56. The first-order valence-electron chi connectivity index (χ1n) is 9.67. The summed E-state index contributed by atoms with van der Waals surface area (Å²) in [4.78, 5) is 55.1. The Labute approximate surface area is 179 Å². The number of carbonyl (C=O) groups excluding carboxylic acids is 4. The molecule has 1 aromatic rings. The predicted octanol–water partition coefficient (Wildman–Crippen LogP) is 0.963. The maximum absolute atomic E-state index is 12.8. The molecule has 2 saturated heterocycles. The van der Waals surface area contributed by atoms with Crippen LogP contribution in [0.15, 0.2) is 47.4 Å². The first-order valence-corrected chi connectivity index (χ1v) is 9.67. The van der Waals surface area contributed by atoms with Crippen LogP contribution in [0.2, 0.25) is 0 Å². The summed E-state index contributed by atoms with van der Waals surface area (Å²) in [7, 11) is 0. The number of amides is 2. The maximum Gasteiger partial charge on any atom is 0.491 e. The highest BCUT2D eigenvalue weighted by molar-refractivity contribution is 6.09. The molecule has 0 unspecified atom stereocenters. The Hall–Kier alpha value is -3.54. The summed E-state index contributed by atoms with van der Waals surface area (Å²) in [5.74, 6) is -5.34. The van der Waals surface area contributed by atoms with Crippen molar-refractivity contribution in [2.24, 2.45) is 5.73 Å². The lowest BCUT2D eigenvalue weighted by atomic mass is 9.83. The first-order chi connectivity index (χ1) is 15.1. The molecule has 3 aliphatic heterocycles. The zero-order valence-electron chi connectivity index (χ0n) is 16.5. The second-order valence-corrected chi connectivity index (χ2v) is 7.48. The second kappa shape index (κ2) is 7.86. The molecule has 0 aliphatic carbocycles. The van der Waals surface area contributed by atoms with Crippen molar-refractivity contribution >= 4 is 29.4 Å². The predicted molar refractivity (Wildman–Crippen MR) is 101 cm³/mol. The number of rotatable bonds is 3. The van der Waals surface area contributed by atoms with Crippen LogP contribution in [0.1, 0.15) is 19.3 Å². The SMILES string of the molecule is N[C@@H]1C(=O)N2C(C(=O)OC(=O)C(F)(F)F)=C(/C=C3\CCN(c4cccnc4)C3=O)CC[C@H]12. The van der Waals surface area contributed by atoms with E-state index < -0.39 is 41.8 Å². The van der Waals surface area contributed by atoms with E-state index in [1.54, 1.807) is 18.3 Å². The Morgan fingerprint density at radius 3 is 2.66 bits per heavy atom. The van der Waals surface area contributed by atoms with Gasteiger partial charge in [0.25, 0.3) is 5.91 Å². The summed E-state index contributed by atoms with van der Waals surface area (Å²) < 4.78 is 41.7. The number of ether oxygens (including phenoxy) is 1. The van der Waals surface area contributed by atoms with E-state index in [-0.39, 0.29) is 17.9 Å². The van der Waals surface area contributed by atoms with Gasteiger partial charge in [-0.2, -0.15) is 13.2 Å². The maximum atomic E-state index is 12.8. The number of β-lactam (4-membered cyclic amide) rings is 1. The van der Waals surface area contributed by atoms with E-state index in [0.29, 0.717) is 30.6 Å². The van der Waals surface area contributed by atoms with Crippen LogP contribution in [0.5, 0.6) is 0 Å². The Balaban J connectivity index is 1.67. The van der Waals surface area contributed by atoms with E-state index in [9.17, 15) is 32.3 Å². The average Bonchev–Trinajstić information content (AvgIpc) is 3.12. The molecule has 32 heavy (non-hydrogen) atoms. The summed E-state index contributed by atoms with van der Waals surface area (Å²) in [6.45, 7) is 0.339. The molecule has 4 rings (SSSR count). The van der Waals surface area contributed by atoms with Gasteiger partial charge in [0, 0.05) is 18.3 Å². The molecule has 0 spiro atoms. The van der Waals surface area contributed by atoms with Crippen LogP contribution >= 0.6 is 0 Å². The second-order valence-electron chi connectivity index (χ2n) is 7.48. The monoisotopic (exact) mass is 450 g/mol. The van der Waals surface area contributed by atoms with Gasteiger partial charge >= 0.3 is 18.1 Å². The smallest absolute Gasteiger partial charge is 0.382 e. The van der Waals surface area contributed by atoms with Crippen molar-refractivity contribution in [2.75, 3.05) is 11.4 Å². The highest BCUT2D eigenvalue weighted by Gasteiger charge is 2.52. The van der Waals surface area contributed by atoms with Gasteiger partial charge in [0.15, 0.2) is 0 Å². The lowest BCUT2D eigenvalue weighted by molar-refractivity contribution is -0.201. The molecule has 4 heterocycles. The van der Waals surface area contributed by atoms with Gasteiger partial charge in [-0.15, -0.1) is 0 Å². The van der Waals surface area contributed by atoms with Crippen molar-refractivity contribution in [3.63, 3.8) is 0 Å². The third kappa shape index (κ3) is 3.66. The highest BCUT2D eigenvalue weighted by atomic mass is 19.4. The highest BCUT2D eigenvalue weighted by Crippen LogP contribution is 2.38. The van der Waals surface area contributed by atoms with E-state index in [4.69, 9.17) is 5.73 Å². The lowest BCUT2D eigenvalue weighted by Gasteiger charge is -2.48. The number of esters is 2. The Kier molecular flexibility index (Phi) is 5.33. The Morgan fingerprint density at radius 2 is 2.00 bits per heavy atom. The summed E-state index contributed by atoms with van der Waals surface area (Å²) in [5.41, 5.74) is 6.24. The zero-order chi connectivity index (χ0) is 23.2. The van der Waals surface area contributed by atoms with Crippen molar-refractivity contribution in [1.29, 1.82) is 0 Å². The molecule has 9 nitrogen and oxygen atoms in total. The van der Waals surface area contributed by atoms with Crippen molar-refractivity contribution in [3.05, 3.63) is 47.4 Å². The van der Waals surface area contributed by atoms with E-state index >= 15 is 0 Å². The standard InChI is InChI=1S/C20H17F3N4O5/c21-20(22,23)19(31)32-18(30)15-10(3-4-13-14(24)17(29)27(13)15)8-11-5-7-26(16(11)28)12-2-1-6-25-9-12/h1-2,6,8-9,13-14H,3-5,7,24H2/b11-8+/t13-,14+/m1/s1. The number of aromatic nitrogens is 1. The Morgan fingerprint density at radius 1 is 1.25 bits per heavy atom. The number of allylic oxidation sites excluding steroid dienone is 2. The lowest BCUT2D eigenvalue weighted by Crippen LogP contribution is -2.69. The van der Waals surface area contributed by atoms with Crippen molar-refractivity contribution in [1.82, 2.24) is 9.88 Å². The molecular formula is C20H17F3N4O5. The number of pyridine rings is 1. The van der Waals surface area contributed by atoms with Gasteiger partial charge in [0.1, 0.15) is 11.7 Å². The van der Waals surface area contributed by atoms with Crippen molar-refractivity contribution < 1.29 is 37.1 Å². The Bertz CT molecular complexity index is 1070. The van der Waals surface area contributed by atoms with Gasteiger partial charge in [-0.25, -0.2) is 9.59 Å². The van der Waals surface area contributed by atoms with Gasteiger partial charge < -0.3 is 15.4 Å². The number of hydrogen-bond donors (Lipinski definition) is 1. The number of carbonyl (C=O) groups is 4. The summed E-state index contributed by atoms with van der Waals surface area (Å²) in [5, 5.41) is 0. The zero-order valence-corrected chi connectivity index (χ0v) is 16.5. The van der Waals surface area contributed by atoms with Gasteiger partial charge in [0.05, 0.1) is 17.9 Å². The van der Waals surface area contributed by atoms with E-state index in [1.807, 2.05) is 0 Å². The summed E-state index contributed by atoms with van der Waals surface area (Å²) >= 11 is 0. The number of anilines is 1. The number of halogens is 3. The van der Waals surface area contributed by atoms with Crippen LogP contribution in [0, 0.1) is 0 Å². The van der Waals surface area contributed by atoms with Crippen molar-refractivity contribution in [3.8, 4) is 0 Å². The van der Waals surface area contributed by atoms with Crippen molar-refractivity contribution in [2.45, 2.75) is 37.5 Å². The molecular weight excluding hydrogens is 433 g/mol. The number of fused-ring (bicyclic) bond motifs is 1. The summed E-state index contributed by atoms with van der Waals surface area (Å²) in [6.07, 6.45) is -0.133. The van der Waals surface area contributed by atoms with Crippen LogP contribution in [0.4, 0.5) is 18.9 Å². The number of alkyl halides is 3. The van der Waals surface area contributed by atoms with E-state index in [1.165, 1.54) is 17.2 Å². The minimum absolute atomic E-state index is 0.137. The normalized spacial score (nSPS) is 24.6. The molecule has 0 saturated carbocycles. The topological polar surface area (TPSA) is 123 Å². The quantitative estimate of drug-likeness (QED) is 0.315. The number of nitrogens with zero attached hydrogens (tertiary/aromatic N) is 3. The molecule has 2 N–H and O–H groups in total. The minimum Gasteiger partial charge on any atom is -0.382 e. The summed E-state index contributed by atoms with van der Waals surface area (Å²) in [6, 6.07) is 1.86. The van der Waals surface area contributed by atoms with Crippen LogP contribution in [-0.4, -0.2) is 58.4 Å². The fourth-order valence-electron chi connectivity index (χ4n) is 4.01. The molecule has 2 fully saturated rings. The van der Waals surface area contributed by atoms with Gasteiger partial charge in [0.2, 0.25) is 5.91 Å². The fourth-order valence-corrected chi connectivity index (χ4v) is 4.01. The fraction of sp³-hybridized carbons (Fsp3) is 0.350. The molecule has 3 aliphatic rings. The number of hydrogen-bond acceptors (Lipinski definition) is 7. The molecule has 2 amide bonds. The molecule has 12 heteroatoms. The van der Waals surface area contributed by atoms with Crippen LogP contribution in [0.3, 0.4) is 0 Å². The third-order valence-electron chi connectivity index (χ3n) is 5.56. The van der Waals surface area contributed by atoms with E-state index in [0.717, 1.165) is 4.90 Å². The average molecular weight is 450 g/mol. The minimum atomic E-state index is -5.39. The van der Waals surface area contributed by atoms with Gasteiger partial charge in [-0.1, -0.05) is 0 Å². The molecule has 0 radical (unpaired) electrons. The van der Waals surface area contributed by atoms with Crippen LogP contribution < -0.4 is 10.6 Å². The van der Waals surface area contributed by atoms with Crippen LogP contribution in [-0.2, 0) is 23.9 Å².